The summed E-state index contributed by atoms with van der Waals surface area (Å²) >= 11 is 0. The van der Waals surface area contributed by atoms with Crippen molar-refractivity contribution in [3.8, 4) is 0 Å². The van der Waals surface area contributed by atoms with Gasteiger partial charge in [0, 0.05) is 37.8 Å². The Morgan fingerprint density at radius 1 is 1.03 bits per heavy atom. The number of nitrogens with one attached hydrogen (secondary N) is 1. The Hall–Kier alpha value is -2.52. The molecule has 2 aliphatic carbocycles. The van der Waals surface area contributed by atoms with Gasteiger partial charge in [0.1, 0.15) is 18.5 Å². The predicted octanol–water partition coefficient (Wildman–Crippen LogP) is 2.32. The summed E-state index contributed by atoms with van der Waals surface area (Å²) in [6, 6.07) is 4.90. The number of amides is 3. The van der Waals surface area contributed by atoms with Crippen molar-refractivity contribution in [3.05, 3.63) is 35.6 Å². The van der Waals surface area contributed by atoms with Gasteiger partial charge in [0.15, 0.2) is 0 Å². The minimum atomic E-state index is -0.658. The molecule has 36 heavy (non-hydrogen) atoms. The van der Waals surface area contributed by atoms with Crippen molar-refractivity contribution in [2.24, 2.45) is 17.6 Å². The maximum Gasteiger partial charge on any atom is 0.254 e. The lowest BCUT2D eigenvalue weighted by Crippen LogP contribution is -2.59. The maximum atomic E-state index is 13.4. The van der Waals surface area contributed by atoms with E-state index in [1.54, 1.807) is 4.90 Å². The first-order valence-electron chi connectivity index (χ1n) is 13.3. The summed E-state index contributed by atoms with van der Waals surface area (Å²) in [7, 11) is 1.47. The van der Waals surface area contributed by atoms with Crippen LogP contribution in [0.25, 0.3) is 0 Å². The minimum Gasteiger partial charge on any atom is -0.375 e. The molecule has 2 atom stereocenters. The monoisotopic (exact) mass is 502 g/mol. The highest BCUT2D eigenvalue weighted by atomic mass is 19.1. The van der Waals surface area contributed by atoms with E-state index in [1.165, 1.54) is 31.4 Å². The number of ether oxygens (including phenoxy) is 1. The Balaban J connectivity index is 1.45. The van der Waals surface area contributed by atoms with Crippen molar-refractivity contribution >= 4 is 17.7 Å². The molecular weight excluding hydrogens is 463 g/mol. The Morgan fingerprint density at radius 2 is 1.69 bits per heavy atom. The van der Waals surface area contributed by atoms with Crippen molar-refractivity contribution < 1.29 is 23.5 Å². The van der Waals surface area contributed by atoms with Gasteiger partial charge in [-0.05, 0) is 94.0 Å². The summed E-state index contributed by atoms with van der Waals surface area (Å²) in [6.45, 7) is 1.60. The molecule has 0 aromatic heterocycles. The summed E-state index contributed by atoms with van der Waals surface area (Å²) in [5.41, 5.74) is 6.24. The molecule has 1 saturated heterocycles. The third-order valence-electron chi connectivity index (χ3n) is 7.99. The average Bonchev–Trinajstić information content (AvgIpc) is 3.73. The van der Waals surface area contributed by atoms with Crippen molar-refractivity contribution in [2.75, 3.05) is 33.4 Å². The van der Waals surface area contributed by atoms with Crippen LogP contribution in [0.1, 0.15) is 61.7 Å². The van der Waals surface area contributed by atoms with Crippen LogP contribution in [0.15, 0.2) is 24.3 Å². The van der Waals surface area contributed by atoms with Crippen LogP contribution in [0.2, 0.25) is 0 Å². The standard InChI is InChI=1S/C27H39FN4O4/c1-36-17-25(33)31-13-12-23(32(22-10-11-22)27(35)20-6-8-21(28)9-7-20)14-24(31)26(34)30-16-19-4-2-18(15-29)3-5-19/h6-9,18-19,22-24H,2-5,10-17,29H2,1H3,(H,30,34)/t18?,19?,23?,24-/m1/s1. The summed E-state index contributed by atoms with van der Waals surface area (Å²) in [6.07, 6.45) is 7.06. The normalized spacial score (nSPS) is 26.4. The molecule has 1 unspecified atom stereocenters. The number of nitrogens with two attached hydrogens (primary N) is 1. The average molecular weight is 503 g/mol. The number of likely N-dealkylation sites (tertiary alicyclic amines) is 1. The molecule has 0 bridgehead atoms. The number of methoxy groups -OCH3 is 1. The Labute approximate surface area is 212 Å². The molecule has 2 saturated carbocycles. The van der Waals surface area contributed by atoms with Gasteiger partial charge in [-0.3, -0.25) is 14.4 Å². The lowest BCUT2D eigenvalue weighted by atomic mass is 9.82. The highest BCUT2D eigenvalue weighted by Crippen LogP contribution is 2.35. The summed E-state index contributed by atoms with van der Waals surface area (Å²) in [4.78, 5) is 43.1. The summed E-state index contributed by atoms with van der Waals surface area (Å²) < 4.78 is 18.5. The second-order valence-corrected chi connectivity index (χ2v) is 10.5. The first kappa shape index (κ1) is 26.5. The van der Waals surface area contributed by atoms with Gasteiger partial charge in [0.2, 0.25) is 11.8 Å². The molecule has 198 valence electrons. The largest absolute Gasteiger partial charge is 0.375 e. The first-order chi connectivity index (χ1) is 17.4. The van der Waals surface area contributed by atoms with Crippen LogP contribution < -0.4 is 11.1 Å². The number of halogens is 1. The number of piperidine rings is 1. The fourth-order valence-electron chi connectivity index (χ4n) is 5.71. The SMILES string of the molecule is COCC(=O)N1CCC(N(C(=O)c2ccc(F)cc2)C2CC2)C[C@@H]1C(=O)NCC1CCC(CN)CC1. The van der Waals surface area contributed by atoms with Crippen LogP contribution in [-0.2, 0) is 14.3 Å². The topological polar surface area (TPSA) is 105 Å². The van der Waals surface area contributed by atoms with E-state index >= 15 is 0 Å². The summed E-state index contributed by atoms with van der Waals surface area (Å²) in [5.74, 6) is 0.0720. The third kappa shape index (κ3) is 6.42. The van der Waals surface area contributed by atoms with Gasteiger partial charge in [-0.25, -0.2) is 4.39 Å². The number of hydrogen-bond acceptors (Lipinski definition) is 5. The van der Waals surface area contributed by atoms with Crippen LogP contribution in [-0.4, -0.2) is 79.0 Å². The van der Waals surface area contributed by atoms with Crippen LogP contribution >= 0.6 is 0 Å². The van der Waals surface area contributed by atoms with Crippen LogP contribution in [0.3, 0.4) is 0 Å². The van der Waals surface area contributed by atoms with Crippen LogP contribution in [0.5, 0.6) is 0 Å². The molecule has 1 aromatic carbocycles. The third-order valence-corrected chi connectivity index (χ3v) is 7.99. The van der Waals surface area contributed by atoms with Gasteiger partial charge in [-0.1, -0.05) is 0 Å². The second kappa shape index (κ2) is 12.1. The highest BCUT2D eigenvalue weighted by Gasteiger charge is 2.44. The van der Waals surface area contributed by atoms with E-state index in [9.17, 15) is 18.8 Å². The summed E-state index contributed by atoms with van der Waals surface area (Å²) in [5, 5.41) is 3.10. The van der Waals surface area contributed by atoms with Gasteiger partial charge in [0.25, 0.3) is 5.91 Å². The molecule has 1 aliphatic heterocycles. The molecule has 3 N–H and O–H groups in total. The molecular formula is C27H39FN4O4. The molecule has 3 amide bonds. The Kier molecular flexibility index (Phi) is 8.95. The highest BCUT2D eigenvalue weighted by molar-refractivity contribution is 5.95. The molecule has 9 heteroatoms. The van der Waals surface area contributed by atoms with E-state index in [0.717, 1.165) is 38.5 Å². The fraction of sp³-hybridized carbons (Fsp3) is 0.667. The van der Waals surface area contributed by atoms with Gasteiger partial charge in [0.05, 0.1) is 0 Å². The number of hydrogen-bond donors (Lipinski definition) is 2. The molecule has 4 rings (SSSR count). The lowest BCUT2D eigenvalue weighted by Gasteiger charge is -2.43. The number of benzene rings is 1. The molecule has 8 nitrogen and oxygen atoms in total. The van der Waals surface area contributed by atoms with Crippen LogP contribution in [0, 0.1) is 17.7 Å². The smallest absolute Gasteiger partial charge is 0.254 e. The molecule has 3 aliphatic rings. The molecule has 3 fully saturated rings. The minimum absolute atomic E-state index is 0.0849. The molecule has 1 aromatic rings. The van der Waals surface area contributed by atoms with Gasteiger partial charge in [-0.2, -0.15) is 0 Å². The molecule has 0 spiro atoms. The zero-order chi connectivity index (χ0) is 25.7. The molecule has 0 radical (unpaired) electrons. The van der Waals surface area contributed by atoms with E-state index < -0.39 is 6.04 Å². The van der Waals surface area contributed by atoms with E-state index in [2.05, 4.69) is 5.32 Å². The van der Waals surface area contributed by atoms with Gasteiger partial charge in [-0.15, -0.1) is 0 Å². The predicted molar refractivity (Wildman–Crippen MR) is 134 cm³/mol. The fourth-order valence-corrected chi connectivity index (χ4v) is 5.71. The van der Waals surface area contributed by atoms with Crippen molar-refractivity contribution in [2.45, 2.75) is 69.5 Å². The number of carbonyl (C=O) groups excluding carboxylic acids is 3. The lowest BCUT2D eigenvalue weighted by molar-refractivity contribution is -0.146. The van der Waals surface area contributed by atoms with E-state index in [-0.39, 0.29) is 42.2 Å². The maximum absolute atomic E-state index is 13.4. The number of nitrogens with zero attached hydrogens (tertiary/aromatic N) is 2. The number of rotatable bonds is 9. The van der Waals surface area contributed by atoms with E-state index in [0.29, 0.717) is 49.9 Å². The van der Waals surface area contributed by atoms with Crippen LogP contribution in [0.4, 0.5) is 4.39 Å². The molecule has 1 heterocycles. The zero-order valence-corrected chi connectivity index (χ0v) is 21.2. The number of carbonyl (C=O) groups is 3. The Morgan fingerprint density at radius 3 is 2.31 bits per heavy atom. The first-order valence-corrected chi connectivity index (χ1v) is 13.3. The quantitative estimate of drug-likeness (QED) is 0.539. The van der Waals surface area contributed by atoms with E-state index in [1.807, 2.05) is 4.90 Å². The van der Waals surface area contributed by atoms with Crippen molar-refractivity contribution in [1.82, 2.24) is 15.1 Å². The van der Waals surface area contributed by atoms with Crippen molar-refractivity contribution in [1.29, 1.82) is 0 Å². The Bertz CT molecular complexity index is 915. The van der Waals surface area contributed by atoms with E-state index in [4.69, 9.17) is 10.5 Å². The van der Waals surface area contributed by atoms with Crippen molar-refractivity contribution in [3.63, 3.8) is 0 Å². The van der Waals surface area contributed by atoms with Gasteiger partial charge >= 0.3 is 0 Å². The second-order valence-electron chi connectivity index (χ2n) is 10.5. The zero-order valence-electron chi connectivity index (χ0n) is 21.2. The van der Waals surface area contributed by atoms with Gasteiger partial charge < -0.3 is 25.6 Å².